The van der Waals surface area contributed by atoms with Crippen LogP contribution in [-0.4, -0.2) is 12.2 Å². The van der Waals surface area contributed by atoms with Crippen LogP contribution in [0.3, 0.4) is 0 Å². The van der Waals surface area contributed by atoms with E-state index >= 15 is 0 Å². The van der Waals surface area contributed by atoms with Gasteiger partial charge in [-0.3, -0.25) is 0 Å². The Morgan fingerprint density at radius 1 is 1.00 bits per heavy atom. The maximum Gasteiger partial charge on any atom is 0.697 e. The molecule has 0 aromatic rings. The highest BCUT2D eigenvalue weighted by Crippen LogP contribution is 2.30. The van der Waals surface area contributed by atoms with E-state index < -0.39 is 8.25 Å². The number of hydrogen-bond acceptors (Lipinski definition) is 3. The Hall–Kier alpha value is 0.0200. The summed E-state index contributed by atoms with van der Waals surface area (Å²) < 4.78 is 21.7. The van der Waals surface area contributed by atoms with Crippen LogP contribution in [0.1, 0.15) is 53.4 Å². The Morgan fingerprint density at radius 3 is 1.64 bits per heavy atom. The van der Waals surface area contributed by atoms with Gasteiger partial charge in [0.15, 0.2) is 0 Å². The topological polar surface area (TPSA) is 35.5 Å². The smallest absolute Gasteiger partial charge is 0.116 e. The molecule has 0 aromatic carbocycles. The van der Waals surface area contributed by atoms with Crippen LogP contribution in [0.25, 0.3) is 0 Å². The lowest BCUT2D eigenvalue weighted by atomic mass is 10.2. The van der Waals surface area contributed by atoms with Gasteiger partial charge in [0.25, 0.3) is 0 Å². The van der Waals surface area contributed by atoms with Crippen molar-refractivity contribution in [2.24, 2.45) is 0 Å². The minimum Gasteiger partial charge on any atom is -0.116 e. The quantitative estimate of drug-likeness (QED) is 0.580. The first kappa shape index (κ1) is 14.0. The van der Waals surface area contributed by atoms with Crippen LogP contribution in [0.2, 0.25) is 0 Å². The Morgan fingerprint density at radius 2 is 1.36 bits per heavy atom. The zero-order valence-electron chi connectivity index (χ0n) is 9.66. The zero-order chi connectivity index (χ0) is 11.0. The normalized spacial score (nSPS) is 16.4. The van der Waals surface area contributed by atoms with E-state index in [9.17, 15) is 4.57 Å². The molecule has 0 rings (SSSR count). The predicted octanol–water partition coefficient (Wildman–Crippen LogP) is 4.05. The molecule has 0 saturated heterocycles. The first-order chi connectivity index (χ1) is 6.60. The van der Waals surface area contributed by atoms with Crippen molar-refractivity contribution >= 4 is 8.25 Å². The molecule has 0 bridgehead atoms. The molecule has 0 fully saturated rings. The van der Waals surface area contributed by atoms with E-state index in [1.54, 1.807) is 0 Å². The molecule has 0 amide bonds. The second-order valence-corrected chi connectivity index (χ2v) is 4.50. The first-order valence-electron chi connectivity index (χ1n) is 5.40. The minimum atomic E-state index is -1.93. The molecule has 0 saturated carbocycles. The maximum absolute atomic E-state index is 11.3. The molecule has 0 aromatic heterocycles. The molecule has 2 unspecified atom stereocenters. The van der Waals surface area contributed by atoms with Gasteiger partial charge in [-0.25, -0.2) is 0 Å². The Kier molecular flexibility index (Phi) is 8.35. The summed E-state index contributed by atoms with van der Waals surface area (Å²) in [6.45, 7) is 8.00. The summed E-state index contributed by atoms with van der Waals surface area (Å²) in [4.78, 5) is 0. The summed E-state index contributed by atoms with van der Waals surface area (Å²) in [6.07, 6.45) is 3.97. The third-order valence-corrected chi connectivity index (χ3v) is 2.99. The van der Waals surface area contributed by atoms with E-state index in [0.717, 1.165) is 25.7 Å². The summed E-state index contributed by atoms with van der Waals surface area (Å²) >= 11 is 0. The van der Waals surface area contributed by atoms with Crippen LogP contribution < -0.4 is 0 Å². The van der Waals surface area contributed by atoms with Crippen molar-refractivity contribution in [1.29, 1.82) is 0 Å². The molecule has 0 aliphatic rings. The molecule has 14 heavy (non-hydrogen) atoms. The van der Waals surface area contributed by atoms with Gasteiger partial charge >= 0.3 is 8.25 Å². The highest BCUT2D eigenvalue weighted by Gasteiger charge is 2.26. The lowest BCUT2D eigenvalue weighted by molar-refractivity contribution is 0.135. The average Bonchev–Trinajstić information content (AvgIpc) is 2.03. The Labute approximate surface area is 88.1 Å². The lowest BCUT2D eigenvalue weighted by Crippen LogP contribution is -2.07. The third kappa shape index (κ3) is 7.43. The lowest BCUT2D eigenvalue weighted by Gasteiger charge is -2.03. The molecular weight excluding hydrogens is 199 g/mol. The van der Waals surface area contributed by atoms with E-state index in [4.69, 9.17) is 9.05 Å². The number of hydrogen-bond donors (Lipinski definition) is 0. The first-order valence-corrected chi connectivity index (χ1v) is 6.50. The van der Waals surface area contributed by atoms with Gasteiger partial charge in [-0.1, -0.05) is 26.7 Å². The fraction of sp³-hybridized carbons (Fsp3) is 1.00. The highest BCUT2D eigenvalue weighted by molar-refractivity contribution is 7.33. The van der Waals surface area contributed by atoms with Gasteiger partial charge in [0.2, 0.25) is 0 Å². The summed E-state index contributed by atoms with van der Waals surface area (Å²) in [5, 5.41) is 0. The minimum absolute atomic E-state index is 0.0254. The van der Waals surface area contributed by atoms with Crippen LogP contribution in [0, 0.1) is 0 Å². The van der Waals surface area contributed by atoms with Crippen molar-refractivity contribution in [3.8, 4) is 0 Å². The summed E-state index contributed by atoms with van der Waals surface area (Å²) in [5.41, 5.74) is 0. The van der Waals surface area contributed by atoms with E-state index in [-0.39, 0.29) is 12.2 Å². The SMILES string of the molecule is CCCC(C)O[P+](=O)OC(C)CCC. The average molecular weight is 221 g/mol. The van der Waals surface area contributed by atoms with Gasteiger partial charge in [0, 0.05) is 4.57 Å². The van der Waals surface area contributed by atoms with Crippen LogP contribution in [0.5, 0.6) is 0 Å². The molecule has 0 aliphatic heterocycles. The van der Waals surface area contributed by atoms with E-state index in [2.05, 4.69) is 13.8 Å². The van der Waals surface area contributed by atoms with Gasteiger partial charge in [0.1, 0.15) is 12.2 Å². The van der Waals surface area contributed by atoms with Crippen molar-refractivity contribution in [2.45, 2.75) is 65.6 Å². The summed E-state index contributed by atoms with van der Waals surface area (Å²) in [6, 6.07) is 0. The predicted molar refractivity (Wildman–Crippen MR) is 58.5 cm³/mol. The molecule has 2 atom stereocenters. The molecule has 0 aliphatic carbocycles. The summed E-state index contributed by atoms with van der Waals surface area (Å²) in [7, 11) is -1.93. The molecule has 0 radical (unpaired) electrons. The second kappa shape index (κ2) is 8.34. The van der Waals surface area contributed by atoms with Gasteiger partial charge in [-0.05, 0) is 26.7 Å². The zero-order valence-corrected chi connectivity index (χ0v) is 10.5. The molecule has 4 heteroatoms. The van der Waals surface area contributed by atoms with E-state index in [1.807, 2.05) is 13.8 Å². The number of rotatable bonds is 8. The monoisotopic (exact) mass is 221 g/mol. The second-order valence-electron chi connectivity index (χ2n) is 3.63. The standard InChI is InChI=1S/C10H22O3P/c1-5-7-9(3)12-14(11)13-10(4)8-6-2/h9-10H,5-8H2,1-4H3/q+1. The third-order valence-electron chi connectivity index (χ3n) is 1.92. The van der Waals surface area contributed by atoms with E-state index in [0.29, 0.717) is 0 Å². The van der Waals surface area contributed by atoms with Crippen molar-refractivity contribution < 1.29 is 13.6 Å². The van der Waals surface area contributed by atoms with Crippen LogP contribution in [-0.2, 0) is 13.6 Å². The van der Waals surface area contributed by atoms with Gasteiger partial charge in [0.05, 0.1) is 0 Å². The largest absolute Gasteiger partial charge is 0.697 e. The molecule has 84 valence electrons. The van der Waals surface area contributed by atoms with Gasteiger partial charge in [-0.15, -0.1) is 9.05 Å². The fourth-order valence-electron chi connectivity index (χ4n) is 1.24. The van der Waals surface area contributed by atoms with Crippen LogP contribution in [0.15, 0.2) is 0 Å². The Bertz CT molecular complexity index is 145. The van der Waals surface area contributed by atoms with Crippen molar-refractivity contribution in [2.75, 3.05) is 0 Å². The molecular formula is C10H22O3P+. The van der Waals surface area contributed by atoms with E-state index in [1.165, 1.54) is 0 Å². The maximum atomic E-state index is 11.3. The summed E-state index contributed by atoms with van der Waals surface area (Å²) in [5.74, 6) is 0. The van der Waals surface area contributed by atoms with Crippen molar-refractivity contribution in [3.63, 3.8) is 0 Å². The molecule has 0 heterocycles. The molecule has 0 N–H and O–H groups in total. The molecule has 3 nitrogen and oxygen atoms in total. The Balaban J connectivity index is 3.63. The highest BCUT2D eigenvalue weighted by atomic mass is 31.1. The fourth-order valence-corrected chi connectivity index (χ4v) is 2.09. The van der Waals surface area contributed by atoms with Crippen LogP contribution >= 0.6 is 8.25 Å². The van der Waals surface area contributed by atoms with Crippen molar-refractivity contribution in [3.05, 3.63) is 0 Å². The molecule has 0 spiro atoms. The van der Waals surface area contributed by atoms with Gasteiger partial charge < -0.3 is 0 Å². The van der Waals surface area contributed by atoms with Gasteiger partial charge in [-0.2, -0.15) is 0 Å². The van der Waals surface area contributed by atoms with Crippen LogP contribution in [0.4, 0.5) is 0 Å². The van der Waals surface area contributed by atoms with Crippen molar-refractivity contribution in [1.82, 2.24) is 0 Å².